The molecule has 170 valence electrons. The van der Waals surface area contributed by atoms with E-state index in [4.69, 9.17) is 0 Å². The molecule has 1 aliphatic heterocycles. The van der Waals surface area contributed by atoms with Gasteiger partial charge in [-0.1, -0.05) is 30.3 Å². The van der Waals surface area contributed by atoms with E-state index in [1.807, 2.05) is 44.2 Å². The van der Waals surface area contributed by atoms with Crippen LogP contribution < -0.4 is 10.6 Å². The SMILES string of the molecule is CC(C)NC(=O)c1ccc(NC(=O)C2CCN(S(=O)(=O)C=Cc3ccccc3)CC2)cc1. The van der Waals surface area contributed by atoms with E-state index in [0.29, 0.717) is 37.2 Å². The zero-order chi connectivity index (χ0) is 23.1. The van der Waals surface area contributed by atoms with Gasteiger partial charge in [0.15, 0.2) is 0 Å². The van der Waals surface area contributed by atoms with Crippen molar-refractivity contribution in [2.45, 2.75) is 32.7 Å². The first-order valence-electron chi connectivity index (χ1n) is 10.7. The Bertz CT molecular complexity index is 1060. The second-order valence-corrected chi connectivity index (χ2v) is 9.94. The fraction of sp³-hybridized carbons (Fsp3) is 0.333. The highest BCUT2D eigenvalue weighted by Crippen LogP contribution is 2.22. The minimum Gasteiger partial charge on any atom is -0.350 e. The van der Waals surface area contributed by atoms with Crippen molar-refractivity contribution in [3.8, 4) is 0 Å². The fourth-order valence-corrected chi connectivity index (χ4v) is 4.70. The second-order valence-electron chi connectivity index (χ2n) is 8.13. The lowest BCUT2D eigenvalue weighted by Gasteiger charge is -2.29. The van der Waals surface area contributed by atoms with Crippen molar-refractivity contribution >= 4 is 33.6 Å². The van der Waals surface area contributed by atoms with Crippen LogP contribution in [-0.2, 0) is 14.8 Å². The predicted octanol–water partition coefficient (Wildman–Crippen LogP) is 3.48. The van der Waals surface area contributed by atoms with Crippen LogP contribution >= 0.6 is 0 Å². The minimum absolute atomic E-state index is 0.0467. The molecule has 0 radical (unpaired) electrons. The number of benzene rings is 2. The number of amides is 2. The monoisotopic (exact) mass is 455 g/mol. The smallest absolute Gasteiger partial charge is 0.251 e. The average Bonchev–Trinajstić information content (AvgIpc) is 2.78. The summed E-state index contributed by atoms with van der Waals surface area (Å²) in [5, 5.41) is 6.91. The van der Waals surface area contributed by atoms with E-state index in [1.165, 1.54) is 9.71 Å². The molecule has 0 atom stereocenters. The molecule has 7 nitrogen and oxygen atoms in total. The maximum Gasteiger partial charge on any atom is 0.251 e. The number of anilines is 1. The Kier molecular flexibility index (Phi) is 7.82. The van der Waals surface area contributed by atoms with Gasteiger partial charge in [0, 0.05) is 41.7 Å². The Balaban J connectivity index is 1.52. The zero-order valence-electron chi connectivity index (χ0n) is 18.3. The summed E-state index contributed by atoms with van der Waals surface area (Å²) in [6, 6.07) is 16.0. The highest BCUT2D eigenvalue weighted by atomic mass is 32.2. The number of rotatable bonds is 7. The summed E-state index contributed by atoms with van der Waals surface area (Å²) < 4.78 is 26.6. The maximum absolute atomic E-state index is 12.6. The second kappa shape index (κ2) is 10.6. The molecule has 0 saturated carbocycles. The molecule has 0 aromatic heterocycles. The average molecular weight is 456 g/mol. The third-order valence-corrected chi connectivity index (χ3v) is 6.82. The molecule has 0 aliphatic carbocycles. The fourth-order valence-electron chi connectivity index (χ4n) is 3.48. The van der Waals surface area contributed by atoms with Gasteiger partial charge in [0.05, 0.1) is 0 Å². The summed E-state index contributed by atoms with van der Waals surface area (Å²) in [6.45, 7) is 4.38. The molecule has 2 amide bonds. The van der Waals surface area contributed by atoms with E-state index in [2.05, 4.69) is 10.6 Å². The Morgan fingerprint density at radius 3 is 2.22 bits per heavy atom. The van der Waals surface area contributed by atoms with Crippen LogP contribution in [0.3, 0.4) is 0 Å². The first kappa shape index (κ1) is 23.7. The Labute approximate surface area is 189 Å². The van der Waals surface area contributed by atoms with Gasteiger partial charge in [0.2, 0.25) is 15.9 Å². The highest BCUT2D eigenvalue weighted by Gasteiger charge is 2.30. The topological polar surface area (TPSA) is 95.6 Å². The van der Waals surface area contributed by atoms with Gasteiger partial charge in [-0.2, -0.15) is 4.31 Å². The van der Waals surface area contributed by atoms with Crippen LogP contribution in [0.4, 0.5) is 5.69 Å². The number of carbonyl (C=O) groups excluding carboxylic acids is 2. The van der Waals surface area contributed by atoms with E-state index < -0.39 is 10.0 Å². The molecule has 0 bridgehead atoms. The summed E-state index contributed by atoms with van der Waals surface area (Å²) in [6.07, 6.45) is 2.50. The van der Waals surface area contributed by atoms with Crippen molar-refractivity contribution in [3.05, 3.63) is 71.1 Å². The molecule has 1 aliphatic rings. The van der Waals surface area contributed by atoms with Crippen LogP contribution in [0.25, 0.3) is 6.08 Å². The molecule has 3 rings (SSSR count). The lowest BCUT2D eigenvalue weighted by atomic mass is 9.97. The van der Waals surface area contributed by atoms with Crippen molar-refractivity contribution in [3.63, 3.8) is 0 Å². The molecule has 1 saturated heterocycles. The molecule has 2 aromatic carbocycles. The van der Waals surface area contributed by atoms with Gasteiger partial charge >= 0.3 is 0 Å². The van der Waals surface area contributed by atoms with Gasteiger partial charge in [-0.05, 0) is 62.6 Å². The summed E-state index contributed by atoms with van der Waals surface area (Å²) >= 11 is 0. The van der Waals surface area contributed by atoms with Crippen LogP contribution in [0.2, 0.25) is 0 Å². The lowest BCUT2D eigenvalue weighted by Crippen LogP contribution is -2.40. The number of hydrogen-bond acceptors (Lipinski definition) is 4. The van der Waals surface area contributed by atoms with E-state index in [1.54, 1.807) is 30.3 Å². The van der Waals surface area contributed by atoms with E-state index in [0.717, 1.165) is 5.56 Å². The molecule has 0 unspecified atom stereocenters. The molecular formula is C24H29N3O4S. The van der Waals surface area contributed by atoms with Crippen LogP contribution in [0.5, 0.6) is 0 Å². The van der Waals surface area contributed by atoms with E-state index in [-0.39, 0.29) is 23.8 Å². The van der Waals surface area contributed by atoms with Gasteiger partial charge < -0.3 is 10.6 Å². The molecule has 1 heterocycles. The summed E-state index contributed by atoms with van der Waals surface area (Å²) in [7, 11) is -3.53. The van der Waals surface area contributed by atoms with E-state index in [9.17, 15) is 18.0 Å². The number of nitrogens with zero attached hydrogens (tertiary/aromatic N) is 1. The van der Waals surface area contributed by atoms with Crippen molar-refractivity contribution in [1.82, 2.24) is 9.62 Å². The highest BCUT2D eigenvalue weighted by molar-refractivity contribution is 7.92. The zero-order valence-corrected chi connectivity index (χ0v) is 19.1. The Morgan fingerprint density at radius 1 is 1.00 bits per heavy atom. The summed E-state index contributed by atoms with van der Waals surface area (Å²) in [5.41, 5.74) is 1.95. The molecule has 2 aromatic rings. The lowest BCUT2D eigenvalue weighted by molar-refractivity contribution is -0.120. The first-order chi connectivity index (χ1) is 15.2. The molecule has 8 heteroatoms. The van der Waals surface area contributed by atoms with Crippen molar-refractivity contribution in [2.24, 2.45) is 5.92 Å². The van der Waals surface area contributed by atoms with Crippen molar-refractivity contribution in [2.75, 3.05) is 18.4 Å². The Morgan fingerprint density at radius 2 is 1.62 bits per heavy atom. The van der Waals surface area contributed by atoms with Crippen molar-refractivity contribution in [1.29, 1.82) is 0 Å². The summed E-state index contributed by atoms with van der Waals surface area (Å²) in [5.74, 6) is -0.558. The Hall–Kier alpha value is -2.97. The van der Waals surface area contributed by atoms with Gasteiger partial charge in [0.25, 0.3) is 5.91 Å². The van der Waals surface area contributed by atoms with Crippen LogP contribution in [0.15, 0.2) is 60.0 Å². The van der Waals surface area contributed by atoms with Crippen LogP contribution in [-0.4, -0.2) is 43.7 Å². The number of carbonyl (C=O) groups is 2. The quantitative estimate of drug-likeness (QED) is 0.668. The predicted molar refractivity (Wildman–Crippen MR) is 126 cm³/mol. The number of nitrogens with one attached hydrogen (secondary N) is 2. The number of hydrogen-bond donors (Lipinski definition) is 2. The largest absolute Gasteiger partial charge is 0.350 e. The number of sulfonamides is 1. The maximum atomic E-state index is 12.6. The third kappa shape index (κ3) is 6.51. The molecule has 0 spiro atoms. The summed E-state index contributed by atoms with van der Waals surface area (Å²) in [4.78, 5) is 24.6. The first-order valence-corrected chi connectivity index (χ1v) is 12.2. The van der Waals surface area contributed by atoms with Gasteiger partial charge in [-0.3, -0.25) is 9.59 Å². The van der Waals surface area contributed by atoms with Gasteiger partial charge in [-0.15, -0.1) is 0 Å². The number of piperidine rings is 1. The third-order valence-electron chi connectivity index (χ3n) is 5.25. The molecular weight excluding hydrogens is 426 g/mol. The molecule has 1 fully saturated rings. The normalized spacial score (nSPS) is 15.7. The molecule has 32 heavy (non-hydrogen) atoms. The van der Waals surface area contributed by atoms with Gasteiger partial charge in [-0.25, -0.2) is 8.42 Å². The minimum atomic E-state index is -3.53. The van der Waals surface area contributed by atoms with Crippen LogP contribution in [0, 0.1) is 5.92 Å². The molecule has 2 N–H and O–H groups in total. The van der Waals surface area contributed by atoms with Gasteiger partial charge in [0.1, 0.15) is 0 Å². The standard InChI is InChI=1S/C24H29N3O4S/c1-18(2)25-23(28)20-8-10-22(11-9-20)26-24(29)21-12-15-27(16-13-21)32(30,31)17-14-19-6-4-3-5-7-19/h3-11,14,17-18,21H,12-13,15-16H2,1-2H3,(H,25,28)(H,26,29). The van der Waals surface area contributed by atoms with E-state index >= 15 is 0 Å². The van der Waals surface area contributed by atoms with Crippen molar-refractivity contribution < 1.29 is 18.0 Å². The van der Waals surface area contributed by atoms with Crippen LogP contribution in [0.1, 0.15) is 42.6 Å².